The molecule has 0 radical (unpaired) electrons. The van der Waals surface area contributed by atoms with Gasteiger partial charge >= 0.3 is 0 Å². The molecule has 0 amide bonds. The normalized spacial score (nSPS) is 10.9. The molecule has 0 saturated heterocycles. The molecule has 1 nitrogen and oxygen atoms in total. The van der Waals surface area contributed by atoms with Gasteiger partial charge in [-0.25, -0.2) is 0 Å². The van der Waals surface area contributed by atoms with Crippen LogP contribution in [0.4, 0.5) is 17.1 Å². The molecule has 0 aliphatic rings. The Morgan fingerprint density at radius 3 is 1.27 bits per heavy atom. The highest BCUT2D eigenvalue weighted by Crippen LogP contribution is 2.41. The Morgan fingerprint density at radius 1 is 0.341 bits per heavy atom. The van der Waals surface area contributed by atoms with Crippen molar-refractivity contribution in [2.24, 2.45) is 0 Å². The van der Waals surface area contributed by atoms with Crippen LogP contribution in [0.1, 0.15) is 0 Å². The monoisotopic (exact) mass is 561 g/mol. The first-order valence-electron chi connectivity index (χ1n) is 13.7. The van der Waals surface area contributed by atoms with Crippen LogP contribution in [-0.4, -0.2) is 0 Å². The molecule has 0 aliphatic heterocycles. The third-order valence-electron chi connectivity index (χ3n) is 7.31. The number of nitrogens with zero attached hydrogens (tertiary/aromatic N) is 1. The largest absolute Gasteiger partial charge is 0.311 e. The van der Waals surface area contributed by atoms with Crippen LogP contribution in [0.15, 0.2) is 162 Å². The summed E-state index contributed by atoms with van der Waals surface area (Å²) >= 11 is 3.60. The quantitative estimate of drug-likeness (QED) is 0.187. The Labute approximate surface area is 249 Å². The fraction of sp³-hybridized carbons (Fsp3) is 0. The molecule has 0 aliphatic carbocycles. The van der Waals surface area contributed by atoms with Gasteiger partial charge in [0.15, 0.2) is 0 Å². The number of benzene rings is 5. The minimum absolute atomic E-state index is 1.12. The molecule has 41 heavy (non-hydrogen) atoms. The van der Waals surface area contributed by atoms with Crippen molar-refractivity contribution in [2.45, 2.75) is 0 Å². The maximum Gasteiger partial charge on any atom is 0.0520 e. The lowest BCUT2D eigenvalue weighted by Crippen LogP contribution is -2.09. The summed E-state index contributed by atoms with van der Waals surface area (Å²) in [6.07, 6.45) is 0. The smallest absolute Gasteiger partial charge is 0.0520 e. The lowest BCUT2D eigenvalue weighted by molar-refractivity contribution is 1.28. The number of rotatable bonds is 7. The first kappa shape index (κ1) is 25.3. The highest BCUT2D eigenvalue weighted by atomic mass is 32.1. The molecule has 0 spiro atoms. The van der Waals surface area contributed by atoms with Gasteiger partial charge in [-0.1, -0.05) is 103 Å². The second kappa shape index (κ2) is 11.4. The van der Waals surface area contributed by atoms with E-state index in [0.29, 0.717) is 0 Å². The lowest BCUT2D eigenvalue weighted by Gasteiger charge is -2.26. The highest BCUT2D eigenvalue weighted by molar-refractivity contribution is 7.20. The predicted molar refractivity (Wildman–Crippen MR) is 179 cm³/mol. The average molecular weight is 562 g/mol. The molecule has 0 bridgehead atoms. The Balaban J connectivity index is 1.26. The number of thiophene rings is 2. The van der Waals surface area contributed by atoms with E-state index in [9.17, 15) is 0 Å². The summed E-state index contributed by atoms with van der Waals surface area (Å²) in [5.41, 5.74) is 10.8. The van der Waals surface area contributed by atoms with Crippen molar-refractivity contribution in [3.05, 3.63) is 162 Å². The minimum atomic E-state index is 1.12. The van der Waals surface area contributed by atoms with E-state index in [-0.39, 0.29) is 0 Å². The molecule has 0 N–H and O–H groups in total. The maximum absolute atomic E-state index is 2.33. The van der Waals surface area contributed by atoms with E-state index >= 15 is 0 Å². The molecular formula is C38H27NS2. The second-order valence-electron chi connectivity index (χ2n) is 9.85. The molecule has 0 unspecified atom stereocenters. The van der Waals surface area contributed by atoms with Gasteiger partial charge < -0.3 is 4.90 Å². The molecule has 7 rings (SSSR count). The molecule has 196 valence electrons. The molecule has 2 heterocycles. The van der Waals surface area contributed by atoms with Crippen molar-refractivity contribution in [3.63, 3.8) is 0 Å². The molecule has 3 heteroatoms. The van der Waals surface area contributed by atoms with Gasteiger partial charge in [0.1, 0.15) is 0 Å². The fourth-order valence-corrected chi connectivity index (χ4v) is 7.04. The van der Waals surface area contributed by atoms with Crippen LogP contribution in [0.3, 0.4) is 0 Å². The van der Waals surface area contributed by atoms with Crippen LogP contribution in [0.25, 0.3) is 43.1 Å². The Bertz CT molecular complexity index is 1750. The Kier molecular flexibility index (Phi) is 7.04. The van der Waals surface area contributed by atoms with E-state index in [4.69, 9.17) is 0 Å². The van der Waals surface area contributed by atoms with Gasteiger partial charge in [0.25, 0.3) is 0 Å². The predicted octanol–water partition coefficient (Wildman–Crippen LogP) is 11.9. The maximum atomic E-state index is 2.33. The van der Waals surface area contributed by atoms with Crippen molar-refractivity contribution in [1.29, 1.82) is 0 Å². The summed E-state index contributed by atoms with van der Waals surface area (Å²) in [7, 11) is 0. The summed E-state index contributed by atoms with van der Waals surface area (Å²) in [6.45, 7) is 0. The third-order valence-corrected chi connectivity index (χ3v) is 9.28. The van der Waals surface area contributed by atoms with Gasteiger partial charge in [0.2, 0.25) is 0 Å². The molecule has 0 fully saturated rings. The van der Waals surface area contributed by atoms with Gasteiger partial charge in [-0.3, -0.25) is 0 Å². The zero-order chi connectivity index (χ0) is 27.4. The van der Waals surface area contributed by atoms with Crippen LogP contribution in [0.2, 0.25) is 0 Å². The van der Waals surface area contributed by atoms with Gasteiger partial charge in [-0.15, -0.1) is 22.7 Å². The van der Waals surface area contributed by atoms with Crippen molar-refractivity contribution in [3.8, 4) is 43.1 Å². The van der Waals surface area contributed by atoms with Crippen LogP contribution < -0.4 is 4.90 Å². The molecule has 5 aromatic carbocycles. The van der Waals surface area contributed by atoms with Crippen molar-refractivity contribution < 1.29 is 0 Å². The molecular weight excluding hydrogens is 535 g/mol. The summed E-state index contributed by atoms with van der Waals surface area (Å²) < 4.78 is 0. The number of hydrogen-bond acceptors (Lipinski definition) is 3. The standard InChI is InChI=1S/C38H27NS2/c1-3-8-28(9-4-1)30-13-19-33(20-14-30)39(34-21-15-31(16-22-34)29-10-5-2-6-11-29)35-23-17-32(18-24-35)36-25-27-41-38(36)37-12-7-26-40-37/h1-27H. The summed E-state index contributed by atoms with van der Waals surface area (Å²) in [6, 6.07) is 54.3. The SMILES string of the molecule is c1ccc(-c2ccc(N(c3ccc(-c4ccccc4)cc3)c3ccc(-c4ccsc4-c4cccs4)cc3)cc2)cc1. The zero-order valence-corrected chi connectivity index (χ0v) is 24.0. The first-order chi connectivity index (χ1) is 20.3. The van der Waals surface area contributed by atoms with Crippen LogP contribution in [-0.2, 0) is 0 Å². The lowest BCUT2D eigenvalue weighted by atomic mass is 10.0. The first-order valence-corrected chi connectivity index (χ1v) is 15.4. The number of hydrogen-bond donors (Lipinski definition) is 0. The van der Waals surface area contributed by atoms with Crippen LogP contribution in [0.5, 0.6) is 0 Å². The minimum Gasteiger partial charge on any atom is -0.311 e. The van der Waals surface area contributed by atoms with Crippen molar-refractivity contribution >= 4 is 39.7 Å². The van der Waals surface area contributed by atoms with Gasteiger partial charge in [0, 0.05) is 27.5 Å². The van der Waals surface area contributed by atoms with E-state index in [1.54, 1.807) is 22.7 Å². The summed E-state index contributed by atoms with van der Waals surface area (Å²) in [4.78, 5) is 4.98. The van der Waals surface area contributed by atoms with Crippen molar-refractivity contribution in [2.75, 3.05) is 4.90 Å². The van der Waals surface area contributed by atoms with Crippen molar-refractivity contribution in [1.82, 2.24) is 0 Å². The van der Waals surface area contributed by atoms with E-state index in [0.717, 1.165) is 17.1 Å². The van der Waals surface area contributed by atoms with Crippen LogP contribution in [0, 0.1) is 0 Å². The van der Waals surface area contributed by atoms with E-state index in [1.807, 2.05) is 0 Å². The Morgan fingerprint density at radius 2 is 0.805 bits per heavy atom. The molecule has 7 aromatic rings. The number of anilines is 3. The van der Waals surface area contributed by atoms with E-state index in [1.165, 1.54) is 43.1 Å². The molecule has 0 saturated carbocycles. The molecule has 0 atom stereocenters. The van der Waals surface area contributed by atoms with Gasteiger partial charge in [0.05, 0.1) is 4.88 Å². The average Bonchev–Trinajstić information content (AvgIpc) is 3.76. The topological polar surface area (TPSA) is 3.24 Å². The summed E-state index contributed by atoms with van der Waals surface area (Å²) in [5, 5.41) is 4.33. The van der Waals surface area contributed by atoms with Gasteiger partial charge in [-0.2, -0.15) is 0 Å². The van der Waals surface area contributed by atoms with E-state index in [2.05, 4.69) is 167 Å². The summed E-state index contributed by atoms with van der Waals surface area (Å²) in [5.74, 6) is 0. The van der Waals surface area contributed by atoms with Crippen LogP contribution >= 0.6 is 22.7 Å². The van der Waals surface area contributed by atoms with Gasteiger partial charge in [-0.05, 0) is 87.1 Å². The zero-order valence-electron chi connectivity index (χ0n) is 22.4. The highest BCUT2D eigenvalue weighted by Gasteiger charge is 2.15. The fourth-order valence-electron chi connectivity index (χ4n) is 5.24. The third kappa shape index (κ3) is 5.26. The molecule has 2 aromatic heterocycles. The Hall–Kier alpha value is -4.70. The van der Waals surface area contributed by atoms with E-state index < -0.39 is 0 Å². The second-order valence-corrected chi connectivity index (χ2v) is 11.7.